The number of aromatic nitrogens is 2. The van der Waals surface area contributed by atoms with Crippen LogP contribution in [0.5, 0.6) is 0 Å². The zero-order valence-electron chi connectivity index (χ0n) is 14.3. The number of thiophene rings is 1. The maximum absolute atomic E-state index is 12.2. The van der Waals surface area contributed by atoms with Crippen molar-refractivity contribution in [1.82, 2.24) is 15.5 Å². The maximum Gasteiger partial charge on any atom is 0.320 e. The van der Waals surface area contributed by atoms with Crippen molar-refractivity contribution in [2.24, 2.45) is 0 Å². The monoisotopic (exact) mass is 396 g/mol. The zero-order chi connectivity index (χ0) is 18.6. The molecule has 4 aromatic rings. The van der Waals surface area contributed by atoms with Crippen molar-refractivity contribution in [2.75, 3.05) is 11.9 Å². The van der Waals surface area contributed by atoms with Crippen LogP contribution in [0, 0.1) is 0 Å². The number of aromatic amines is 1. The lowest BCUT2D eigenvalue weighted by Crippen LogP contribution is -2.30. The van der Waals surface area contributed by atoms with Crippen LogP contribution in [-0.4, -0.2) is 22.8 Å². The zero-order valence-corrected chi connectivity index (χ0v) is 15.9. The number of benzene rings is 2. The number of halogens is 1. The highest BCUT2D eigenvalue weighted by Gasteiger charge is 2.13. The normalized spacial score (nSPS) is 10.9. The van der Waals surface area contributed by atoms with Crippen molar-refractivity contribution in [1.29, 1.82) is 0 Å². The Morgan fingerprint density at radius 2 is 2.00 bits per heavy atom. The molecule has 0 fully saturated rings. The Morgan fingerprint density at radius 3 is 2.78 bits per heavy atom. The molecule has 2 aromatic carbocycles. The molecule has 0 aliphatic rings. The average molecular weight is 397 g/mol. The number of nitrogens with zero attached hydrogens (tertiary/aromatic N) is 1. The highest BCUT2D eigenvalue weighted by atomic mass is 35.5. The van der Waals surface area contributed by atoms with Crippen molar-refractivity contribution in [3.05, 3.63) is 69.9 Å². The molecule has 7 heteroatoms. The second-order valence-electron chi connectivity index (χ2n) is 6.03. The Labute approximate surface area is 165 Å². The van der Waals surface area contributed by atoms with Crippen molar-refractivity contribution in [3.8, 4) is 11.1 Å². The third-order valence-corrected chi connectivity index (χ3v) is 5.45. The lowest BCUT2D eigenvalue weighted by atomic mass is 10.0. The fourth-order valence-electron chi connectivity index (χ4n) is 2.88. The maximum atomic E-state index is 12.2. The molecule has 3 N–H and O–H groups in total. The third-order valence-electron chi connectivity index (χ3n) is 4.20. The first-order valence-corrected chi connectivity index (χ1v) is 9.77. The van der Waals surface area contributed by atoms with Crippen molar-refractivity contribution < 1.29 is 4.79 Å². The van der Waals surface area contributed by atoms with Crippen molar-refractivity contribution in [2.45, 2.75) is 6.42 Å². The largest absolute Gasteiger partial charge is 0.337 e. The molecule has 0 bridgehead atoms. The first-order valence-electron chi connectivity index (χ1n) is 8.51. The average Bonchev–Trinajstić information content (AvgIpc) is 3.32. The summed E-state index contributed by atoms with van der Waals surface area (Å²) < 4.78 is 0. The minimum atomic E-state index is -0.281. The summed E-state index contributed by atoms with van der Waals surface area (Å²) in [6, 6.07) is 17.4. The van der Waals surface area contributed by atoms with Crippen molar-refractivity contribution >= 4 is 45.7 Å². The van der Waals surface area contributed by atoms with E-state index in [2.05, 4.69) is 26.9 Å². The number of hydrogen-bond acceptors (Lipinski definition) is 3. The van der Waals surface area contributed by atoms with E-state index in [1.807, 2.05) is 53.9 Å². The predicted octanol–water partition coefficient (Wildman–Crippen LogP) is 5.31. The van der Waals surface area contributed by atoms with Crippen LogP contribution in [0.3, 0.4) is 0 Å². The van der Waals surface area contributed by atoms with E-state index in [9.17, 15) is 4.79 Å². The minimum absolute atomic E-state index is 0.281. The molecule has 2 aromatic heterocycles. The van der Waals surface area contributed by atoms with E-state index < -0.39 is 0 Å². The summed E-state index contributed by atoms with van der Waals surface area (Å²) >= 11 is 8.10. The standard InChI is InChI=1S/C20H17ClN4OS/c21-17-12-18-16(11-15(17)13-5-2-1-3-6-13)19(25-24-18)23-20(26)22-9-8-14-7-4-10-27-14/h1-7,10-12H,8-9H2,(H3,22,23,24,25,26). The molecule has 0 saturated carbocycles. The van der Waals surface area contributed by atoms with Crippen LogP contribution in [0.15, 0.2) is 60.0 Å². The molecule has 4 rings (SSSR count). The van der Waals surface area contributed by atoms with Crippen LogP contribution in [0.2, 0.25) is 5.02 Å². The number of rotatable bonds is 5. The van der Waals surface area contributed by atoms with Gasteiger partial charge >= 0.3 is 6.03 Å². The fraction of sp³-hybridized carbons (Fsp3) is 0.100. The van der Waals surface area contributed by atoms with Gasteiger partial charge in [-0.3, -0.25) is 10.4 Å². The number of nitrogens with one attached hydrogen (secondary N) is 3. The lowest BCUT2D eigenvalue weighted by Gasteiger charge is -2.07. The van der Waals surface area contributed by atoms with Crippen LogP contribution in [0.1, 0.15) is 4.88 Å². The molecule has 0 unspecified atom stereocenters. The van der Waals surface area contributed by atoms with E-state index in [-0.39, 0.29) is 6.03 Å². The Bertz CT molecular complexity index is 1060. The molecule has 27 heavy (non-hydrogen) atoms. The summed E-state index contributed by atoms with van der Waals surface area (Å²) in [5.74, 6) is 0.479. The molecule has 0 atom stereocenters. The highest BCUT2D eigenvalue weighted by Crippen LogP contribution is 2.33. The molecule has 0 aliphatic carbocycles. The molecule has 0 aliphatic heterocycles. The fourth-order valence-corrected chi connectivity index (χ4v) is 3.86. The van der Waals surface area contributed by atoms with Gasteiger partial charge in [0.2, 0.25) is 0 Å². The van der Waals surface area contributed by atoms with Gasteiger partial charge in [-0.05, 0) is 35.6 Å². The number of H-pyrrole nitrogens is 1. The van der Waals surface area contributed by atoms with E-state index in [4.69, 9.17) is 11.6 Å². The second kappa shape index (κ2) is 7.82. The molecule has 5 nitrogen and oxygen atoms in total. The SMILES string of the molecule is O=C(NCCc1cccs1)Nc1n[nH]c2cc(Cl)c(-c3ccccc3)cc12. The highest BCUT2D eigenvalue weighted by molar-refractivity contribution is 7.09. The van der Waals surface area contributed by atoms with Gasteiger partial charge in [0, 0.05) is 22.4 Å². The van der Waals surface area contributed by atoms with Gasteiger partial charge in [-0.25, -0.2) is 4.79 Å². The van der Waals surface area contributed by atoms with E-state index in [0.717, 1.165) is 28.5 Å². The van der Waals surface area contributed by atoms with E-state index in [1.54, 1.807) is 11.3 Å². The van der Waals surface area contributed by atoms with Gasteiger partial charge in [0.1, 0.15) is 0 Å². The van der Waals surface area contributed by atoms with Gasteiger partial charge in [0.25, 0.3) is 0 Å². The molecular formula is C20H17ClN4OS. The topological polar surface area (TPSA) is 69.8 Å². The van der Waals surface area contributed by atoms with E-state index in [1.165, 1.54) is 4.88 Å². The summed E-state index contributed by atoms with van der Waals surface area (Å²) in [6.45, 7) is 0.565. The molecule has 2 heterocycles. The number of hydrogen-bond donors (Lipinski definition) is 3. The predicted molar refractivity (Wildman–Crippen MR) is 112 cm³/mol. The Morgan fingerprint density at radius 1 is 1.15 bits per heavy atom. The summed E-state index contributed by atoms with van der Waals surface area (Å²) in [6.07, 6.45) is 0.806. The lowest BCUT2D eigenvalue weighted by molar-refractivity contribution is 0.252. The van der Waals surface area contributed by atoms with Gasteiger partial charge in [-0.15, -0.1) is 11.3 Å². The third kappa shape index (κ3) is 3.97. The van der Waals surface area contributed by atoms with E-state index in [0.29, 0.717) is 17.4 Å². The van der Waals surface area contributed by atoms with Gasteiger partial charge in [-0.1, -0.05) is 48.0 Å². The number of urea groups is 1. The molecule has 0 radical (unpaired) electrons. The summed E-state index contributed by atoms with van der Waals surface area (Å²) in [7, 11) is 0. The summed E-state index contributed by atoms with van der Waals surface area (Å²) in [5, 5.41) is 16.3. The number of amides is 2. The molecule has 0 spiro atoms. The molecule has 136 valence electrons. The number of fused-ring (bicyclic) bond motifs is 1. The summed E-state index contributed by atoms with van der Waals surface area (Å²) in [5.41, 5.74) is 2.68. The molecule has 0 saturated heterocycles. The number of anilines is 1. The van der Waals surface area contributed by atoms with Crippen LogP contribution in [-0.2, 0) is 6.42 Å². The van der Waals surface area contributed by atoms with Gasteiger partial charge in [0.15, 0.2) is 5.82 Å². The summed E-state index contributed by atoms with van der Waals surface area (Å²) in [4.78, 5) is 13.4. The Hall–Kier alpha value is -2.83. The molecular weight excluding hydrogens is 380 g/mol. The van der Waals surface area contributed by atoms with Crippen LogP contribution in [0.4, 0.5) is 10.6 Å². The quantitative estimate of drug-likeness (QED) is 0.428. The van der Waals surface area contributed by atoms with E-state index >= 15 is 0 Å². The minimum Gasteiger partial charge on any atom is -0.337 e. The Kier molecular flexibility index (Phi) is 5.09. The Balaban J connectivity index is 1.51. The van der Waals surface area contributed by atoms with Crippen LogP contribution >= 0.6 is 22.9 Å². The molecule has 2 amide bonds. The smallest absolute Gasteiger partial charge is 0.320 e. The van der Waals surface area contributed by atoms with Gasteiger partial charge in [-0.2, -0.15) is 5.10 Å². The van der Waals surface area contributed by atoms with Crippen LogP contribution in [0.25, 0.3) is 22.0 Å². The van der Waals surface area contributed by atoms with Crippen LogP contribution < -0.4 is 10.6 Å². The first-order chi connectivity index (χ1) is 13.2. The number of carbonyl (C=O) groups excluding carboxylic acids is 1. The van der Waals surface area contributed by atoms with Crippen molar-refractivity contribution in [3.63, 3.8) is 0 Å². The van der Waals surface area contributed by atoms with Gasteiger partial charge < -0.3 is 5.32 Å². The second-order valence-corrected chi connectivity index (χ2v) is 7.47. The van der Waals surface area contributed by atoms with Gasteiger partial charge in [0.05, 0.1) is 10.5 Å². The number of carbonyl (C=O) groups is 1. The first kappa shape index (κ1) is 17.6.